The van der Waals surface area contributed by atoms with Crippen LogP contribution in [-0.2, 0) is 24.7 Å². The Morgan fingerprint density at radius 2 is 1.79 bits per heavy atom. The summed E-state index contributed by atoms with van der Waals surface area (Å²) in [6, 6.07) is 6.36. The van der Waals surface area contributed by atoms with Crippen molar-refractivity contribution in [3.8, 4) is 0 Å². The number of halogens is 1. The lowest BCUT2D eigenvalue weighted by Gasteiger charge is -2.61. The number of benzene rings is 1. The van der Waals surface area contributed by atoms with Crippen LogP contribution in [0.5, 0.6) is 0 Å². The number of piperidine rings is 1. The van der Waals surface area contributed by atoms with Crippen LogP contribution in [0, 0.1) is 52.2 Å². The number of aliphatic hydroxyl groups is 1. The van der Waals surface area contributed by atoms with E-state index in [1.165, 1.54) is 12.1 Å². The van der Waals surface area contributed by atoms with Gasteiger partial charge in [-0.25, -0.2) is 4.39 Å². The minimum Gasteiger partial charge on any atom is -0.454 e. The van der Waals surface area contributed by atoms with E-state index in [0.29, 0.717) is 62.9 Å². The van der Waals surface area contributed by atoms with Gasteiger partial charge in [0.15, 0.2) is 0 Å². The van der Waals surface area contributed by atoms with Crippen LogP contribution >= 0.6 is 0 Å². The van der Waals surface area contributed by atoms with Crippen molar-refractivity contribution >= 4 is 17.5 Å². The van der Waals surface area contributed by atoms with Gasteiger partial charge in [0.1, 0.15) is 23.0 Å². The molecule has 4 saturated carbocycles. The van der Waals surface area contributed by atoms with Gasteiger partial charge in [0.2, 0.25) is 0 Å². The van der Waals surface area contributed by atoms with Crippen LogP contribution in [0.3, 0.4) is 0 Å². The maximum atomic E-state index is 14.1. The molecule has 5 fully saturated rings. The molecule has 230 valence electrons. The molecule has 42 heavy (non-hydrogen) atoms. The molecule has 1 unspecified atom stereocenters. The molecular weight excluding hydrogens is 533 g/mol. The first kappa shape index (κ1) is 29.9. The number of rotatable bonds is 6. The molecule has 6 nitrogen and oxygen atoms in total. The predicted molar refractivity (Wildman–Crippen MR) is 155 cm³/mol. The van der Waals surface area contributed by atoms with E-state index in [1.807, 2.05) is 0 Å². The third-order valence-electron chi connectivity index (χ3n) is 13.1. The van der Waals surface area contributed by atoms with Crippen molar-refractivity contribution < 1.29 is 33.9 Å². The number of fused-ring (bicyclic) bond motifs is 5. The number of aliphatic hydroxyl groups excluding tert-OH is 1. The number of carbonyl (C=O) groups is 3. The Labute approximate surface area is 249 Å². The number of hydrogen-bond acceptors (Lipinski definition) is 5. The Balaban J connectivity index is 1.14. The van der Waals surface area contributed by atoms with E-state index < -0.39 is 17.1 Å². The van der Waals surface area contributed by atoms with Crippen molar-refractivity contribution in [2.75, 3.05) is 13.1 Å². The third-order valence-corrected chi connectivity index (χ3v) is 13.1. The van der Waals surface area contributed by atoms with Crippen molar-refractivity contribution in [2.45, 2.75) is 103 Å². The van der Waals surface area contributed by atoms with Gasteiger partial charge >= 0.3 is 5.97 Å². The van der Waals surface area contributed by atoms with Crippen LogP contribution < -0.4 is 5.32 Å². The number of ether oxygens (including phenoxy) is 1. The Morgan fingerprint density at radius 3 is 2.50 bits per heavy atom. The van der Waals surface area contributed by atoms with Crippen molar-refractivity contribution in [3.05, 3.63) is 35.6 Å². The molecule has 4 aliphatic carbocycles. The van der Waals surface area contributed by atoms with Gasteiger partial charge in [0.05, 0.1) is 19.2 Å². The number of quaternary nitrogens is 1. The number of carbonyl (C=O) groups excluding carboxylic acids is 3. The molecule has 1 heterocycles. The second-order valence-corrected chi connectivity index (χ2v) is 15.0. The lowest BCUT2D eigenvalue weighted by atomic mass is 9.43. The Hall–Kier alpha value is -2.12. The van der Waals surface area contributed by atoms with E-state index in [4.69, 9.17) is 4.74 Å². The molecule has 0 spiro atoms. The van der Waals surface area contributed by atoms with E-state index in [-0.39, 0.29) is 52.7 Å². The third kappa shape index (κ3) is 4.87. The molecule has 1 saturated heterocycles. The van der Waals surface area contributed by atoms with E-state index in [2.05, 4.69) is 26.1 Å². The zero-order valence-electron chi connectivity index (χ0n) is 25.6. The van der Waals surface area contributed by atoms with E-state index in [9.17, 15) is 23.9 Å². The Morgan fingerprint density at radius 1 is 1.07 bits per heavy atom. The first-order chi connectivity index (χ1) is 20.0. The maximum Gasteiger partial charge on any atom is 0.306 e. The van der Waals surface area contributed by atoms with Gasteiger partial charge in [-0.15, -0.1) is 0 Å². The van der Waals surface area contributed by atoms with Gasteiger partial charge in [-0.2, -0.15) is 0 Å². The molecule has 0 amide bonds. The fourth-order valence-corrected chi connectivity index (χ4v) is 10.6. The fraction of sp³-hybridized carbons (Fsp3) is 0.743. The van der Waals surface area contributed by atoms with Crippen LogP contribution in [0.4, 0.5) is 4.39 Å². The quantitative estimate of drug-likeness (QED) is 0.474. The molecule has 9 atom stereocenters. The fourth-order valence-electron chi connectivity index (χ4n) is 10.6. The molecule has 7 heteroatoms. The molecule has 1 aromatic carbocycles. The second-order valence-electron chi connectivity index (χ2n) is 15.0. The van der Waals surface area contributed by atoms with Crippen molar-refractivity contribution in [3.63, 3.8) is 0 Å². The zero-order valence-corrected chi connectivity index (χ0v) is 25.6. The zero-order chi connectivity index (χ0) is 29.9. The van der Waals surface area contributed by atoms with Gasteiger partial charge in [-0.3, -0.25) is 14.4 Å². The predicted octanol–water partition coefficient (Wildman–Crippen LogP) is 4.72. The summed E-state index contributed by atoms with van der Waals surface area (Å²) < 4.78 is 19.9. The molecule has 6 rings (SSSR count). The highest BCUT2D eigenvalue weighted by Crippen LogP contribution is 2.67. The summed E-state index contributed by atoms with van der Waals surface area (Å²) in [4.78, 5) is 39.7. The number of nitrogens with two attached hydrogens (primary N) is 1. The largest absolute Gasteiger partial charge is 0.454 e. The van der Waals surface area contributed by atoms with Crippen molar-refractivity contribution in [2.24, 2.45) is 46.3 Å². The average Bonchev–Trinajstić information content (AvgIpc) is 3.32. The summed E-state index contributed by atoms with van der Waals surface area (Å²) in [6.45, 7) is 8.32. The van der Waals surface area contributed by atoms with E-state index in [0.717, 1.165) is 37.9 Å². The molecule has 0 bridgehead atoms. The standard InChI is InChI=1S/C35H48FNO5/c1-21(4-11-31(41)42-35(14-16-37-17-15-35)22-5-7-24(36)8-6-22)26-9-10-27-32-28(20-30(40)34(26,27)3)33(2)13-12-25(38)18-23(33)19-29(32)39/h5-8,21,23,26-29,32,37,39H,4,9-20H2,1-3H3/p+1/t21-,23+,26-,27+,28+,29?,32+,33+,34-/m1/s1. The van der Waals surface area contributed by atoms with Crippen LogP contribution in [0.25, 0.3) is 0 Å². The first-order valence-corrected chi connectivity index (χ1v) is 16.5. The van der Waals surface area contributed by atoms with Crippen molar-refractivity contribution in [1.29, 1.82) is 0 Å². The molecule has 0 radical (unpaired) electrons. The maximum absolute atomic E-state index is 14.1. The van der Waals surface area contributed by atoms with Gasteiger partial charge in [-0.05, 0) is 90.7 Å². The van der Waals surface area contributed by atoms with Crippen molar-refractivity contribution in [1.82, 2.24) is 0 Å². The minimum atomic E-state index is -0.712. The smallest absolute Gasteiger partial charge is 0.306 e. The van der Waals surface area contributed by atoms with Gasteiger partial charge in [0, 0.05) is 43.9 Å². The van der Waals surface area contributed by atoms with Gasteiger partial charge in [0.25, 0.3) is 0 Å². The monoisotopic (exact) mass is 582 g/mol. The summed E-state index contributed by atoms with van der Waals surface area (Å²) in [7, 11) is 0. The van der Waals surface area contributed by atoms with E-state index >= 15 is 0 Å². The first-order valence-electron chi connectivity index (χ1n) is 16.5. The Kier molecular flexibility index (Phi) is 7.91. The lowest BCUT2D eigenvalue weighted by Crippen LogP contribution is -2.87. The normalized spacial score (nSPS) is 40.0. The van der Waals surface area contributed by atoms with Crippen LogP contribution in [0.15, 0.2) is 24.3 Å². The highest BCUT2D eigenvalue weighted by atomic mass is 19.1. The number of ketones is 2. The average molecular weight is 583 g/mol. The highest BCUT2D eigenvalue weighted by molar-refractivity contribution is 5.87. The SMILES string of the molecule is C[C@H](CCC(=O)OC1(c2ccc(F)cc2)CC[NH2+]CC1)[C@H]1CC[C@H]2[C@@H]3C(O)C[C@@H]4CC(=O)CC[C@]4(C)[C@H]3CC(=O)[C@]12C. The van der Waals surface area contributed by atoms with Crippen LogP contribution in [-0.4, -0.2) is 41.8 Å². The number of hydrogen-bond donors (Lipinski definition) is 2. The second kappa shape index (κ2) is 11.1. The lowest BCUT2D eigenvalue weighted by molar-refractivity contribution is -0.668. The summed E-state index contributed by atoms with van der Waals surface area (Å²) in [5.41, 5.74) is -0.403. The van der Waals surface area contributed by atoms with Crippen LogP contribution in [0.2, 0.25) is 0 Å². The summed E-state index contributed by atoms with van der Waals surface area (Å²) >= 11 is 0. The molecule has 0 aromatic heterocycles. The highest BCUT2D eigenvalue weighted by Gasteiger charge is 2.66. The van der Waals surface area contributed by atoms with E-state index in [1.54, 1.807) is 12.1 Å². The summed E-state index contributed by atoms with van der Waals surface area (Å²) in [5, 5.41) is 13.7. The Bertz CT molecular complexity index is 1210. The molecule has 3 N–H and O–H groups in total. The molecule has 1 aromatic rings. The number of Topliss-reactive ketones (excluding diaryl/α,β-unsaturated/α-hetero) is 2. The molecule has 1 aliphatic heterocycles. The summed E-state index contributed by atoms with van der Waals surface area (Å²) in [6.07, 6.45) is 6.91. The topological polar surface area (TPSA) is 97.3 Å². The molecule has 5 aliphatic rings. The molecular formula is C35H49FNO5+. The van der Waals surface area contributed by atoms with Crippen LogP contribution in [0.1, 0.15) is 97.0 Å². The minimum absolute atomic E-state index is 0.0559. The van der Waals surface area contributed by atoms with Gasteiger partial charge in [-0.1, -0.05) is 32.9 Å². The summed E-state index contributed by atoms with van der Waals surface area (Å²) in [5.74, 6) is 1.01. The number of esters is 1. The van der Waals surface area contributed by atoms with Gasteiger partial charge < -0.3 is 15.2 Å².